The SMILES string of the molecule is O=C(O)CO.[MgH2]. The van der Waals surface area contributed by atoms with Crippen molar-refractivity contribution in [3.63, 3.8) is 0 Å². The molecule has 6 heavy (non-hydrogen) atoms. The van der Waals surface area contributed by atoms with Gasteiger partial charge in [-0.1, -0.05) is 0 Å². The summed E-state index contributed by atoms with van der Waals surface area (Å²) >= 11 is 0. The second-order valence-electron chi connectivity index (χ2n) is 0.552. The Bertz CT molecular complexity index is 44.1. The lowest BCUT2D eigenvalue weighted by Gasteiger charge is -1.72. The van der Waals surface area contributed by atoms with E-state index in [1.54, 1.807) is 0 Å². The van der Waals surface area contributed by atoms with E-state index in [9.17, 15) is 0 Å². The molecule has 0 rings (SSSR count). The van der Waals surface area contributed by atoms with Gasteiger partial charge in [0.05, 0.1) is 0 Å². The zero-order valence-electron chi connectivity index (χ0n) is 2.51. The standard InChI is InChI=1S/C2H4O3.Mg.2H/c3-1-2(4)5;;;/h3H,1H2,(H,4,5);;;. The van der Waals surface area contributed by atoms with Crippen molar-refractivity contribution < 1.29 is 15.0 Å². The Balaban J connectivity index is 0. The molecule has 0 aromatic heterocycles. The second-order valence-corrected chi connectivity index (χ2v) is 0.552. The molecule has 4 heteroatoms. The van der Waals surface area contributed by atoms with E-state index < -0.39 is 12.6 Å². The Morgan fingerprint density at radius 2 is 1.83 bits per heavy atom. The number of carbonyl (C=O) groups is 1. The fraction of sp³-hybridized carbons (Fsp3) is 0.500. The summed E-state index contributed by atoms with van der Waals surface area (Å²) in [6, 6.07) is 0. The van der Waals surface area contributed by atoms with E-state index in [1.807, 2.05) is 0 Å². The molecule has 0 fully saturated rings. The van der Waals surface area contributed by atoms with Crippen molar-refractivity contribution >= 4 is 29.0 Å². The third-order valence-corrected chi connectivity index (χ3v) is 0.135. The summed E-state index contributed by atoms with van der Waals surface area (Å²) in [7, 11) is 0. The molecule has 34 valence electrons. The van der Waals surface area contributed by atoms with Gasteiger partial charge in [-0.25, -0.2) is 4.79 Å². The molecule has 0 amide bonds. The largest absolute Gasteiger partial charge is 0.480 e. The number of aliphatic carboxylic acids is 1. The number of carboxylic acid groups (broad SMARTS) is 1. The Morgan fingerprint density at radius 1 is 1.67 bits per heavy atom. The molecule has 0 aliphatic carbocycles. The molecule has 0 atom stereocenters. The van der Waals surface area contributed by atoms with Crippen LogP contribution in [0.1, 0.15) is 0 Å². The van der Waals surface area contributed by atoms with Gasteiger partial charge in [-0.2, -0.15) is 0 Å². The molecular weight excluding hydrogens is 96.3 g/mol. The second kappa shape index (κ2) is 5.20. The normalized spacial score (nSPS) is 6.17. The zero-order chi connectivity index (χ0) is 4.28. The molecule has 0 aliphatic rings. The van der Waals surface area contributed by atoms with Crippen LogP contribution in [0.2, 0.25) is 0 Å². The average molecular weight is 102 g/mol. The van der Waals surface area contributed by atoms with Crippen molar-refractivity contribution in [3.05, 3.63) is 0 Å². The molecule has 0 aromatic carbocycles. The van der Waals surface area contributed by atoms with Crippen LogP contribution in [-0.2, 0) is 4.79 Å². The van der Waals surface area contributed by atoms with Gasteiger partial charge in [-0.15, -0.1) is 0 Å². The first kappa shape index (κ1) is 9.50. The zero-order valence-corrected chi connectivity index (χ0v) is 2.51. The van der Waals surface area contributed by atoms with Crippen molar-refractivity contribution in [3.8, 4) is 0 Å². The van der Waals surface area contributed by atoms with E-state index in [-0.39, 0.29) is 23.1 Å². The maximum Gasteiger partial charge on any atom is 0.329 e. The summed E-state index contributed by atoms with van der Waals surface area (Å²) in [6.07, 6.45) is 0. The van der Waals surface area contributed by atoms with E-state index in [0.29, 0.717) is 0 Å². The molecule has 0 unspecified atom stereocenters. The first-order valence-corrected chi connectivity index (χ1v) is 1.10. The number of hydrogen-bond donors (Lipinski definition) is 2. The van der Waals surface area contributed by atoms with Gasteiger partial charge in [-0.05, 0) is 0 Å². The van der Waals surface area contributed by atoms with Crippen molar-refractivity contribution in [1.82, 2.24) is 0 Å². The molecule has 2 N–H and O–H groups in total. The van der Waals surface area contributed by atoms with Gasteiger partial charge in [0.25, 0.3) is 0 Å². The summed E-state index contributed by atoms with van der Waals surface area (Å²) in [6.45, 7) is -0.778. The number of aliphatic hydroxyl groups excluding tert-OH is 1. The maximum absolute atomic E-state index is 9.12. The fourth-order valence-corrected chi connectivity index (χ4v) is 0. The summed E-state index contributed by atoms with van der Waals surface area (Å²) in [5.41, 5.74) is 0. The predicted molar refractivity (Wildman–Crippen MR) is 23.3 cm³/mol. The fourth-order valence-electron chi connectivity index (χ4n) is 0. The summed E-state index contributed by atoms with van der Waals surface area (Å²) in [5.74, 6) is -1.19. The molecule has 0 aliphatic heterocycles. The van der Waals surface area contributed by atoms with E-state index in [1.165, 1.54) is 0 Å². The lowest BCUT2D eigenvalue weighted by Crippen LogP contribution is -1.98. The highest BCUT2D eigenvalue weighted by molar-refractivity contribution is 5.75. The summed E-state index contributed by atoms with van der Waals surface area (Å²) in [5, 5.41) is 15.0. The lowest BCUT2D eigenvalue weighted by molar-refractivity contribution is -0.140. The Hall–Kier alpha value is 0.196. The molecule has 3 nitrogen and oxygen atoms in total. The predicted octanol–water partition coefficient (Wildman–Crippen LogP) is -1.85. The Morgan fingerprint density at radius 3 is 1.83 bits per heavy atom. The summed E-state index contributed by atoms with van der Waals surface area (Å²) in [4.78, 5) is 9.12. The van der Waals surface area contributed by atoms with E-state index in [0.717, 1.165) is 0 Å². The van der Waals surface area contributed by atoms with Gasteiger partial charge < -0.3 is 10.2 Å². The number of hydrogen-bond acceptors (Lipinski definition) is 2. The summed E-state index contributed by atoms with van der Waals surface area (Å²) < 4.78 is 0. The number of rotatable bonds is 1. The monoisotopic (exact) mass is 102 g/mol. The minimum Gasteiger partial charge on any atom is -0.480 e. The van der Waals surface area contributed by atoms with Gasteiger partial charge in [0.1, 0.15) is 6.61 Å². The molecule has 0 heterocycles. The van der Waals surface area contributed by atoms with Crippen LogP contribution in [0.4, 0.5) is 0 Å². The van der Waals surface area contributed by atoms with Crippen LogP contribution in [0.5, 0.6) is 0 Å². The van der Waals surface area contributed by atoms with Crippen LogP contribution in [0, 0.1) is 0 Å². The minimum atomic E-state index is -1.19. The highest BCUT2D eigenvalue weighted by atomic mass is 24.3. The smallest absolute Gasteiger partial charge is 0.329 e. The van der Waals surface area contributed by atoms with Gasteiger partial charge in [0.2, 0.25) is 0 Å². The van der Waals surface area contributed by atoms with Crippen molar-refractivity contribution in [1.29, 1.82) is 0 Å². The third-order valence-electron chi connectivity index (χ3n) is 0.135. The Labute approximate surface area is 51.1 Å². The van der Waals surface area contributed by atoms with Gasteiger partial charge in [-0.3, -0.25) is 0 Å². The minimum absolute atomic E-state index is 0. The molecule has 0 aromatic rings. The van der Waals surface area contributed by atoms with Gasteiger partial charge in [0.15, 0.2) is 0 Å². The quantitative estimate of drug-likeness (QED) is 0.382. The maximum atomic E-state index is 9.12. The highest BCUT2D eigenvalue weighted by Crippen LogP contribution is 1.48. The number of aliphatic hydroxyl groups is 1. The van der Waals surface area contributed by atoms with Gasteiger partial charge >= 0.3 is 29.0 Å². The number of carboxylic acids is 1. The van der Waals surface area contributed by atoms with Crippen LogP contribution in [-0.4, -0.2) is 45.8 Å². The first-order chi connectivity index (χ1) is 2.27. The van der Waals surface area contributed by atoms with Gasteiger partial charge in [0, 0.05) is 0 Å². The molecule has 0 bridgehead atoms. The van der Waals surface area contributed by atoms with Crippen LogP contribution in [0.3, 0.4) is 0 Å². The molecule has 0 saturated carbocycles. The van der Waals surface area contributed by atoms with Crippen molar-refractivity contribution in [2.45, 2.75) is 0 Å². The first-order valence-electron chi connectivity index (χ1n) is 1.10. The molecule has 0 radical (unpaired) electrons. The highest BCUT2D eigenvalue weighted by Gasteiger charge is 1.82. The molecular formula is C2H6MgO3. The molecule has 0 saturated heterocycles. The van der Waals surface area contributed by atoms with Crippen LogP contribution in [0.25, 0.3) is 0 Å². The van der Waals surface area contributed by atoms with E-state index in [4.69, 9.17) is 15.0 Å². The van der Waals surface area contributed by atoms with Crippen LogP contribution < -0.4 is 0 Å². The third kappa shape index (κ3) is 8.89. The van der Waals surface area contributed by atoms with Crippen molar-refractivity contribution in [2.75, 3.05) is 6.61 Å². The van der Waals surface area contributed by atoms with E-state index in [2.05, 4.69) is 0 Å². The van der Waals surface area contributed by atoms with Crippen LogP contribution in [0.15, 0.2) is 0 Å². The van der Waals surface area contributed by atoms with Crippen LogP contribution >= 0.6 is 0 Å². The Kier molecular flexibility index (Phi) is 8.23. The molecule has 0 spiro atoms. The lowest BCUT2D eigenvalue weighted by atomic mass is 10.8. The van der Waals surface area contributed by atoms with Crippen molar-refractivity contribution in [2.24, 2.45) is 0 Å². The average Bonchev–Trinajstić information content (AvgIpc) is 1.38. The van der Waals surface area contributed by atoms with E-state index >= 15 is 0 Å². The topological polar surface area (TPSA) is 57.5 Å².